The second-order valence-corrected chi connectivity index (χ2v) is 9.39. The fourth-order valence-electron chi connectivity index (χ4n) is 3.76. The van der Waals surface area contributed by atoms with E-state index in [0.29, 0.717) is 27.4 Å². The highest BCUT2D eigenvalue weighted by atomic mass is 32.2. The molecular weight excluding hydrogens is 424 g/mol. The Morgan fingerprint density at radius 3 is 2.62 bits per heavy atom. The molecule has 0 saturated carbocycles. The van der Waals surface area contributed by atoms with Gasteiger partial charge in [-0.2, -0.15) is 0 Å². The van der Waals surface area contributed by atoms with Crippen LogP contribution in [0, 0.1) is 0 Å². The van der Waals surface area contributed by atoms with E-state index in [4.69, 9.17) is 0 Å². The monoisotopic (exact) mass is 448 g/mol. The second kappa shape index (κ2) is 8.27. The van der Waals surface area contributed by atoms with Gasteiger partial charge in [0.05, 0.1) is 27.5 Å². The molecule has 164 valence electrons. The Hall–Kier alpha value is -3.39. The van der Waals surface area contributed by atoms with Gasteiger partial charge in [-0.1, -0.05) is 42.1 Å². The van der Waals surface area contributed by atoms with Gasteiger partial charge in [-0.25, -0.2) is 4.98 Å². The first-order chi connectivity index (χ1) is 15.3. The first kappa shape index (κ1) is 21.8. The van der Waals surface area contributed by atoms with Gasteiger partial charge in [-0.15, -0.1) is 6.58 Å². The van der Waals surface area contributed by atoms with Crippen molar-refractivity contribution in [1.82, 2.24) is 9.55 Å². The first-order valence-electron chi connectivity index (χ1n) is 10.3. The lowest BCUT2D eigenvalue weighted by Gasteiger charge is -2.43. The number of hydrogen-bond donors (Lipinski definition) is 1. The summed E-state index contributed by atoms with van der Waals surface area (Å²) in [5.41, 5.74) is 0.556. The number of hydrogen-bond acceptors (Lipinski definition) is 5. The number of carbonyl (C=O) groups is 2. The van der Waals surface area contributed by atoms with Crippen molar-refractivity contribution in [1.29, 1.82) is 0 Å². The number of carbonyl (C=O) groups excluding carboxylic acids is 2. The maximum Gasteiger partial charge on any atom is 0.262 e. The van der Waals surface area contributed by atoms with Crippen molar-refractivity contribution in [2.75, 3.05) is 10.2 Å². The van der Waals surface area contributed by atoms with E-state index < -0.39 is 10.8 Å². The van der Waals surface area contributed by atoms with Crippen molar-refractivity contribution >= 4 is 45.9 Å². The molecule has 3 aromatic rings. The highest BCUT2D eigenvalue weighted by Gasteiger charge is 2.44. The van der Waals surface area contributed by atoms with Crippen LogP contribution in [0.4, 0.5) is 11.4 Å². The van der Waals surface area contributed by atoms with Crippen LogP contribution in [0.3, 0.4) is 0 Å². The number of para-hydroxylation sites is 3. The van der Waals surface area contributed by atoms with Crippen molar-refractivity contribution in [3.63, 3.8) is 0 Å². The lowest BCUT2D eigenvalue weighted by Crippen LogP contribution is -2.60. The molecular formula is C24H24N4O3S. The summed E-state index contributed by atoms with van der Waals surface area (Å²) < 4.78 is 1.52. The molecule has 0 fully saturated rings. The summed E-state index contributed by atoms with van der Waals surface area (Å²) in [5.74, 6) is -0.496. The fraction of sp³-hybridized carbons (Fsp3) is 0.250. The lowest BCUT2D eigenvalue weighted by atomic mass is 9.96. The maximum absolute atomic E-state index is 13.6. The smallest absolute Gasteiger partial charge is 0.262 e. The molecule has 2 heterocycles. The van der Waals surface area contributed by atoms with Gasteiger partial charge in [0.1, 0.15) is 5.54 Å². The van der Waals surface area contributed by atoms with Gasteiger partial charge in [-0.05, 0) is 45.0 Å². The van der Waals surface area contributed by atoms with Gasteiger partial charge < -0.3 is 5.32 Å². The van der Waals surface area contributed by atoms with Crippen molar-refractivity contribution in [2.24, 2.45) is 0 Å². The van der Waals surface area contributed by atoms with E-state index in [-0.39, 0.29) is 23.9 Å². The Bertz CT molecular complexity index is 1300. The molecule has 0 saturated heterocycles. The molecule has 0 bridgehead atoms. The highest BCUT2D eigenvalue weighted by Crippen LogP contribution is 2.38. The Morgan fingerprint density at radius 2 is 1.88 bits per heavy atom. The highest BCUT2D eigenvalue weighted by molar-refractivity contribution is 8.00. The topological polar surface area (TPSA) is 84.3 Å². The van der Waals surface area contributed by atoms with E-state index in [1.54, 1.807) is 51.1 Å². The Labute approximate surface area is 190 Å². The summed E-state index contributed by atoms with van der Waals surface area (Å²) in [5, 5.41) is 3.22. The largest absolute Gasteiger partial charge is 0.322 e. The minimum Gasteiger partial charge on any atom is -0.322 e. The Morgan fingerprint density at radius 1 is 1.19 bits per heavy atom. The molecule has 0 aliphatic carbocycles. The van der Waals surface area contributed by atoms with E-state index >= 15 is 0 Å². The van der Waals surface area contributed by atoms with Crippen LogP contribution < -0.4 is 15.8 Å². The van der Waals surface area contributed by atoms with Gasteiger partial charge in [0, 0.05) is 6.54 Å². The SMILES string of the molecule is C=CCn1c(S[C@H](C)C(=O)N2c3ccccc3NC(=O)C2(C)C)nc2ccccc2c1=O. The van der Waals surface area contributed by atoms with E-state index in [9.17, 15) is 14.4 Å². The molecule has 7 nitrogen and oxygen atoms in total. The maximum atomic E-state index is 13.6. The number of rotatable bonds is 5. The summed E-state index contributed by atoms with van der Waals surface area (Å²) in [6.45, 7) is 9.22. The first-order valence-corrected chi connectivity index (χ1v) is 11.2. The predicted octanol–water partition coefficient (Wildman–Crippen LogP) is 3.83. The number of amides is 2. The van der Waals surface area contributed by atoms with Gasteiger partial charge in [0.15, 0.2) is 5.16 Å². The summed E-state index contributed by atoms with van der Waals surface area (Å²) in [6.07, 6.45) is 1.63. The van der Waals surface area contributed by atoms with Crippen molar-refractivity contribution < 1.29 is 9.59 Å². The standard InChI is InChI=1S/C24H24N4O3S/c1-5-14-27-21(30)16-10-6-7-11-17(16)26-23(27)32-15(2)20(29)28-19-13-9-8-12-18(19)25-22(31)24(28,3)4/h5-13,15H,1,14H2,2-4H3,(H,25,31)/t15-/m1/s1. The average molecular weight is 449 g/mol. The lowest BCUT2D eigenvalue weighted by molar-refractivity contribution is -0.126. The summed E-state index contributed by atoms with van der Waals surface area (Å²) in [6, 6.07) is 14.4. The molecule has 0 unspecified atom stereocenters. The van der Waals surface area contributed by atoms with Crippen LogP contribution in [0.5, 0.6) is 0 Å². The van der Waals surface area contributed by atoms with Crippen molar-refractivity contribution in [2.45, 2.75) is 43.3 Å². The molecule has 8 heteroatoms. The number of allylic oxidation sites excluding steroid dienone is 1. The molecule has 1 aliphatic rings. The van der Waals surface area contributed by atoms with Gasteiger partial charge in [-0.3, -0.25) is 23.9 Å². The summed E-state index contributed by atoms with van der Waals surface area (Å²) in [4.78, 5) is 45.6. The molecule has 2 amide bonds. The Kier molecular flexibility index (Phi) is 5.64. The molecule has 2 aromatic carbocycles. The predicted molar refractivity (Wildman–Crippen MR) is 128 cm³/mol. The van der Waals surface area contributed by atoms with E-state index in [0.717, 1.165) is 0 Å². The molecule has 1 atom stereocenters. The third-order valence-corrected chi connectivity index (χ3v) is 6.57. The number of thioether (sulfide) groups is 1. The zero-order chi connectivity index (χ0) is 23.0. The minimum absolute atomic E-state index is 0.180. The van der Waals surface area contributed by atoms with Crippen molar-refractivity contribution in [3.8, 4) is 0 Å². The average Bonchev–Trinajstić information content (AvgIpc) is 2.77. The third kappa shape index (κ3) is 3.60. The van der Waals surface area contributed by atoms with Crippen LogP contribution in [-0.4, -0.2) is 32.2 Å². The normalized spacial score (nSPS) is 15.7. The zero-order valence-electron chi connectivity index (χ0n) is 18.2. The van der Waals surface area contributed by atoms with E-state index in [2.05, 4.69) is 16.9 Å². The molecule has 1 aliphatic heterocycles. The number of anilines is 2. The molecule has 4 rings (SSSR count). The van der Waals surface area contributed by atoms with E-state index in [1.165, 1.54) is 21.2 Å². The quantitative estimate of drug-likeness (QED) is 0.364. The van der Waals surface area contributed by atoms with Crippen molar-refractivity contribution in [3.05, 3.63) is 71.5 Å². The molecule has 0 radical (unpaired) electrons. The van der Waals surface area contributed by atoms with E-state index in [1.807, 2.05) is 24.3 Å². The second-order valence-electron chi connectivity index (χ2n) is 8.08. The summed E-state index contributed by atoms with van der Waals surface area (Å²) in [7, 11) is 0. The molecule has 32 heavy (non-hydrogen) atoms. The van der Waals surface area contributed by atoms with Crippen LogP contribution in [0.25, 0.3) is 10.9 Å². The van der Waals surface area contributed by atoms with Crippen LogP contribution in [0.2, 0.25) is 0 Å². The third-order valence-electron chi connectivity index (χ3n) is 5.50. The zero-order valence-corrected chi connectivity index (χ0v) is 19.0. The fourth-order valence-corrected chi connectivity index (χ4v) is 4.72. The van der Waals surface area contributed by atoms with Crippen LogP contribution >= 0.6 is 11.8 Å². The number of aromatic nitrogens is 2. The van der Waals surface area contributed by atoms with Gasteiger partial charge >= 0.3 is 0 Å². The van der Waals surface area contributed by atoms with Crippen LogP contribution in [0.15, 0.2) is 71.1 Å². The number of benzene rings is 2. The number of fused-ring (bicyclic) bond motifs is 2. The number of nitrogens with one attached hydrogen (secondary N) is 1. The van der Waals surface area contributed by atoms with Gasteiger partial charge in [0.25, 0.3) is 5.56 Å². The van der Waals surface area contributed by atoms with Gasteiger partial charge in [0.2, 0.25) is 11.8 Å². The molecule has 1 N–H and O–H groups in total. The number of nitrogens with zero attached hydrogens (tertiary/aromatic N) is 3. The minimum atomic E-state index is -1.07. The van der Waals surface area contributed by atoms with Crippen LogP contribution in [0.1, 0.15) is 20.8 Å². The summed E-state index contributed by atoms with van der Waals surface area (Å²) >= 11 is 1.20. The molecule has 0 spiro atoms. The van der Waals surface area contributed by atoms with Crippen LogP contribution in [-0.2, 0) is 16.1 Å². The molecule has 1 aromatic heterocycles. The Balaban J connectivity index is 1.74.